The van der Waals surface area contributed by atoms with Crippen LogP contribution >= 0.6 is 0 Å². The van der Waals surface area contributed by atoms with Gasteiger partial charge in [-0.05, 0) is 97.3 Å². The predicted molar refractivity (Wildman–Crippen MR) is 144 cm³/mol. The Morgan fingerprint density at radius 1 is 1.08 bits per heavy atom. The van der Waals surface area contributed by atoms with Crippen molar-refractivity contribution >= 4 is 17.9 Å². The summed E-state index contributed by atoms with van der Waals surface area (Å²) in [5.41, 5.74) is 1.72. The molecule has 2 rings (SSSR count). The molecule has 1 aromatic carbocycles. The molecule has 1 aromatic rings. The molecule has 0 radical (unpaired) electrons. The third kappa shape index (κ3) is 7.71. The van der Waals surface area contributed by atoms with Gasteiger partial charge in [-0.2, -0.15) is 0 Å². The van der Waals surface area contributed by atoms with Crippen LogP contribution in [0.25, 0.3) is 0 Å². The normalized spacial score (nSPS) is 16.8. The van der Waals surface area contributed by atoms with E-state index in [1.165, 1.54) is 0 Å². The minimum Gasteiger partial charge on any atom is -0.444 e. The first-order chi connectivity index (χ1) is 16.6. The number of nitrogens with zero attached hydrogens (tertiary/aromatic N) is 1. The lowest BCUT2D eigenvalue weighted by molar-refractivity contribution is -0.149. The van der Waals surface area contributed by atoms with Crippen LogP contribution in [0, 0.1) is 19.8 Å². The highest BCUT2D eigenvalue weighted by Crippen LogP contribution is 2.36. The maximum Gasteiger partial charge on any atom is 0.408 e. The number of amides is 3. The third-order valence-electron chi connectivity index (χ3n) is 6.84. The lowest BCUT2D eigenvalue weighted by Gasteiger charge is -2.45. The number of nitrogens with one attached hydrogen (secondary N) is 2. The Morgan fingerprint density at radius 3 is 2.17 bits per heavy atom. The van der Waals surface area contributed by atoms with Gasteiger partial charge in [0.05, 0.1) is 0 Å². The van der Waals surface area contributed by atoms with Crippen LogP contribution in [0.5, 0.6) is 0 Å². The molecule has 0 bridgehead atoms. The molecule has 1 aliphatic rings. The summed E-state index contributed by atoms with van der Waals surface area (Å²) in [7, 11) is 0. The fourth-order valence-electron chi connectivity index (χ4n) is 4.39. The summed E-state index contributed by atoms with van der Waals surface area (Å²) < 4.78 is 5.49. The van der Waals surface area contributed by atoms with E-state index in [1.54, 1.807) is 25.7 Å². The topological polar surface area (TPSA) is 87.7 Å². The van der Waals surface area contributed by atoms with Crippen molar-refractivity contribution in [2.24, 2.45) is 5.92 Å². The number of hydrogen-bond donors (Lipinski definition) is 2. The van der Waals surface area contributed by atoms with Crippen molar-refractivity contribution in [3.63, 3.8) is 0 Å². The molecule has 0 aliphatic heterocycles. The summed E-state index contributed by atoms with van der Waals surface area (Å²) >= 11 is 0. The molecule has 7 nitrogen and oxygen atoms in total. The highest BCUT2D eigenvalue weighted by atomic mass is 16.6. The molecule has 36 heavy (non-hydrogen) atoms. The molecular weight excluding hydrogens is 454 g/mol. The van der Waals surface area contributed by atoms with Gasteiger partial charge in [-0.25, -0.2) is 4.79 Å². The molecular formula is C29H47N3O4. The Kier molecular flexibility index (Phi) is 9.60. The summed E-state index contributed by atoms with van der Waals surface area (Å²) in [5, 5.41) is 5.95. The molecule has 1 fully saturated rings. The van der Waals surface area contributed by atoms with Crippen LogP contribution in [0.2, 0.25) is 0 Å². The summed E-state index contributed by atoms with van der Waals surface area (Å²) in [6, 6.07) is 4.21. The van der Waals surface area contributed by atoms with Crippen LogP contribution in [0.1, 0.15) is 104 Å². The second-order valence-corrected chi connectivity index (χ2v) is 12.3. The monoisotopic (exact) mass is 501 g/mol. The highest BCUT2D eigenvalue weighted by molar-refractivity contribution is 5.93. The van der Waals surface area contributed by atoms with Gasteiger partial charge in [-0.15, -0.1) is 0 Å². The molecule has 3 unspecified atom stereocenters. The second kappa shape index (κ2) is 11.7. The van der Waals surface area contributed by atoms with Crippen molar-refractivity contribution in [3.05, 3.63) is 34.9 Å². The molecule has 0 heterocycles. The number of benzene rings is 1. The van der Waals surface area contributed by atoms with Gasteiger partial charge in [-0.3, -0.25) is 9.59 Å². The molecule has 1 aliphatic carbocycles. The molecule has 3 amide bonds. The second-order valence-electron chi connectivity index (χ2n) is 12.3. The van der Waals surface area contributed by atoms with Gasteiger partial charge in [0, 0.05) is 11.6 Å². The Balaban J connectivity index is 2.59. The Labute approximate surface area is 217 Å². The fraction of sp³-hybridized carbons (Fsp3) is 0.690. The van der Waals surface area contributed by atoms with E-state index in [-0.39, 0.29) is 23.8 Å². The van der Waals surface area contributed by atoms with Crippen molar-refractivity contribution in [3.8, 4) is 0 Å². The Hall–Kier alpha value is -2.57. The smallest absolute Gasteiger partial charge is 0.408 e. The van der Waals surface area contributed by atoms with Crippen LogP contribution in [0.15, 0.2) is 18.2 Å². The summed E-state index contributed by atoms with van der Waals surface area (Å²) in [6.07, 6.45) is 2.72. The minimum atomic E-state index is -0.805. The van der Waals surface area contributed by atoms with E-state index in [2.05, 4.69) is 10.6 Å². The number of alkyl carbamates (subject to hydrolysis) is 1. The summed E-state index contributed by atoms with van der Waals surface area (Å²) in [5.74, 6) is -0.593. The Bertz CT molecular complexity index is 941. The number of carbonyl (C=O) groups is 3. The van der Waals surface area contributed by atoms with E-state index >= 15 is 0 Å². The molecule has 1 saturated carbocycles. The van der Waals surface area contributed by atoms with Crippen LogP contribution < -0.4 is 10.6 Å². The predicted octanol–water partition coefficient (Wildman–Crippen LogP) is 5.58. The molecule has 0 aromatic heterocycles. The average molecular weight is 502 g/mol. The van der Waals surface area contributed by atoms with Gasteiger partial charge in [-0.1, -0.05) is 38.5 Å². The van der Waals surface area contributed by atoms with Crippen LogP contribution in [-0.2, 0) is 14.3 Å². The number of hydrogen-bond acceptors (Lipinski definition) is 4. The molecule has 202 valence electrons. The third-order valence-corrected chi connectivity index (χ3v) is 6.84. The SMILES string of the molecule is CCC(C)C(NC(=O)OC(C)(C)C)C(=O)N(C1CCC1)C(C(=O)NC(C)(C)C)c1cccc(C)c1C. The fourth-order valence-corrected chi connectivity index (χ4v) is 4.39. The van der Waals surface area contributed by atoms with Crippen LogP contribution in [-0.4, -0.2) is 46.0 Å². The van der Waals surface area contributed by atoms with Crippen molar-refractivity contribution in [2.45, 2.75) is 124 Å². The first-order valence-electron chi connectivity index (χ1n) is 13.3. The van der Waals surface area contributed by atoms with E-state index < -0.39 is 29.3 Å². The van der Waals surface area contributed by atoms with Crippen LogP contribution in [0.4, 0.5) is 4.79 Å². The van der Waals surface area contributed by atoms with Gasteiger partial charge < -0.3 is 20.3 Å². The quantitative estimate of drug-likeness (QED) is 0.487. The minimum absolute atomic E-state index is 0.0693. The van der Waals surface area contributed by atoms with E-state index in [1.807, 2.05) is 66.7 Å². The molecule has 3 atom stereocenters. The summed E-state index contributed by atoms with van der Waals surface area (Å²) in [6.45, 7) is 19.1. The maximum atomic E-state index is 14.3. The van der Waals surface area contributed by atoms with E-state index in [4.69, 9.17) is 4.74 Å². The highest BCUT2D eigenvalue weighted by Gasteiger charge is 2.44. The van der Waals surface area contributed by atoms with E-state index in [0.717, 1.165) is 36.0 Å². The maximum absolute atomic E-state index is 14.3. The number of carbonyl (C=O) groups excluding carboxylic acids is 3. The first-order valence-corrected chi connectivity index (χ1v) is 13.3. The number of rotatable bonds is 8. The van der Waals surface area contributed by atoms with Gasteiger partial charge >= 0.3 is 6.09 Å². The molecule has 2 N–H and O–H groups in total. The standard InChI is InChI=1S/C29H47N3O4/c1-11-18(2)23(30-27(35)36-29(8,9)10)26(34)32(21-15-13-16-21)24(25(33)31-28(5,6)7)22-17-12-14-19(3)20(22)4/h12,14,17-18,21,23-24H,11,13,15-16H2,1-10H3,(H,30,35)(H,31,33). The largest absolute Gasteiger partial charge is 0.444 e. The van der Waals surface area contributed by atoms with Crippen molar-refractivity contribution in [2.75, 3.05) is 0 Å². The van der Waals surface area contributed by atoms with Crippen molar-refractivity contribution in [1.29, 1.82) is 0 Å². The number of aryl methyl sites for hydroxylation is 1. The summed E-state index contributed by atoms with van der Waals surface area (Å²) in [4.78, 5) is 42.7. The molecule has 7 heteroatoms. The van der Waals surface area contributed by atoms with Gasteiger partial charge in [0.2, 0.25) is 11.8 Å². The van der Waals surface area contributed by atoms with Crippen molar-refractivity contribution < 1.29 is 19.1 Å². The van der Waals surface area contributed by atoms with Gasteiger partial charge in [0.15, 0.2) is 0 Å². The Morgan fingerprint density at radius 2 is 1.69 bits per heavy atom. The van der Waals surface area contributed by atoms with E-state index in [9.17, 15) is 14.4 Å². The molecule has 0 saturated heterocycles. The zero-order valence-electron chi connectivity index (χ0n) is 24.0. The number of ether oxygens (including phenoxy) is 1. The molecule has 0 spiro atoms. The van der Waals surface area contributed by atoms with Crippen molar-refractivity contribution in [1.82, 2.24) is 15.5 Å². The van der Waals surface area contributed by atoms with Crippen LogP contribution in [0.3, 0.4) is 0 Å². The average Bonchev–Trinajstić information content (AvgIpc) is 2.69. The zero-order valence-corrected chi connectivity index (χ0v) is 24.0. The zero-order chi connectivity index (χ0) is 27.4. The first kappa shape index (κ1) is 29.7. The van der Waals surface area contributed by atoms with E-state index in [0.29, 0.717) is 6.42 Å². The lowest BCUT2D eigenvalue weighted by Crippen LogP contribution is -2.60. The lowest BCUT2D eigenvalue weighted by atomic mass is 9.85. The van der Waals surface area contributed by atoms with Gasteiger partial charge in [0.1, 0.15) is 17.7 Å². The van der Waals surface area contributed by atoms with Gasteiger partial charge in [0.25, 0.3) is 0 Å².